The Kier molecular flexibility index (Phi) is 4.01. The molecule has 1 aromatic carbocycles. The van der Waals surface area contributed by atoms with Crippen LogP contribution in [0.5, 0.6) is 0 Å². The Labute approximate surface area is 121 Å². The molecule has 0 saturated heterocycles. The van der Waals surface area contributed by atoms with Crippen LogP contribution in [0.25, 0.3) is 0 Å². The minimum atomic E-state index is -0.647. The Balaban J connectivity index is 2.31. The lowest BCUT2D eigenvalue weighted by atomic mass is 10.1. The summed E-state index contributed by atoms with van der Waals surface area (Å²) >= 11 is 9.06. The van der Waals surface area contributed by atoms with Crippen LogP contribution in [0.4, 0.5) is 15.8 Å². The Morgan fingerprint density at radius 2 is 2.21 bits per heavy atom. The van der Waals surface area contributed by atoms with Crippen LogP contribution in [0, 0.1) is 5.82 Å². The van der Waals surface area contributed by atoms with E-state index in [0.29, 0.717) is 10.2 Å². The van der Waals surface area contributed by atoms with Crippen LogP contribution in [0.1, 0.15) is 10.4 Å². The molecule has 0 spiro atoms. The van der Waals surface area contributed by atoms with Gasteiger partial charge in [-0.1, -0.05) is 17.7 Å². The zero-order valence-electron chi connectivity index (χ0n) is 9.45. The molecule has 3 N–H and O–H groups in total. The van der Waals surface area contributed by atoms with E-state index in [4.69, 9.17) is 17.3 Å². The molecule has 0 bridgehead atoms. The molecule has 0 saturated carbocycles. The number of nitrogens with two attached hydrogens (primary N) is 1. The summed E-state index contributed by atoms with van der Waals surface area (Å²) in [4.78, 5) is 15.9. The van der Waals surface area contributed by atoms with Gasteiger partial charge >= 0.3 is 0 Å². The SMILES string of the molecule is Nc1c(F)cccc1C(=O)Nc1cc(Br)cnc1Cl. The number of rotatable bonds is 2. The molecule has 0 radical (unpaired) electrons. The van der Waals surface area contributed by atoms with Crippen molar-refractivity contribution in [1.82, 2.24) is 4.98 Å². The van der Waals surface area contributed by atoms with Gasteiger partial charge in [0.2, 0.25) is 0 Å². The second kappa shape index (κ2) is 5.54. The largest absolute Gasteiger partial charge is 0.396 e. The fraction of sp³-hybridized carbons (Fsp3) is 0. The minimum Gasteiger partial charge on any atom is -0.396 e. The van der Waals surface area contributed by atoms with Gasteiger partial charge in [0.05, 0.1) is 16.9 Å². The molecule has 1 heterocycles. The van der Waals surface area contributed by atoms with Gasteiger partial charge in [-0.2, -0.15) is 0 Å². The van der Waals surface area contributed by atoms with Crippen molar-refractivity contribution in [3.05, 3.63) is 51.5 Å². The molecule has 1 aromatic heterocycles. The lowest BCUT2D eigenvalue weighted by Gasteiger charge is -2.09. The van der Waals surface area contributed by atoms with Crippen LogP contribution in [0.15, 0.2) is 34.9 Å². The zero-order valence-corrected chi connectivity index (χ0v) is 11.8. The number of amides is 1. The molecule has 0 aliphatic carbocycles. The molecule has 0 aliphatic rings. The predicted molar refractivity (Wildman–Crippen MR) is 75.7 cm³/mol. The Morgan fingerprint density at radius 3 is 2.95 bits per heavy atom. The highest BCUT2D eigenvalue weighted by molar-refractivity contribution is 9.10. The van der Waals surface area contributed by atoms with Gasteiger partial charge in [-0.3, -0.25) is 4.79 Å². The lowest BCUT2D eigenvalue weighted by molar-refractivity contribution is 0.102. The summed E-state index contributed by atoms with van der Waals surface area (Å²) in [6.45, 7) is 0. The Hall–Kier alpha value is -1.66. The Morgan fingerprint density at radius 1 is 1.47 bits per heavy atom. The van der Waals surface area contributed by atoms with Gasteiger partial charge in [0.1, 0.15) is 5.82 Å². The maximum absolute atomic E-state index is 13.3. The quantitative estimate of drug-likeness (QED) is 0.647. The zero-order chi connectivity index (χ0) is 14.0. The molecule has 2 aromatic rings. The highest BCUT2D eigenvalue weighted by Crippen LogP contribution is 2.24. The van der Waals surface area contributed by atoms with E-state index in [-0.39, 0.29) is 16.4 Å². The average Bonchev–Trinajstić information content (AvgIpc) is 2.37. The van der Waals surface area contributed by atoms with Crippen LogP contribution < -0.4 is 11.1 Å². The van der Waals surface area contributed by atoms with Gasteiger partial charge in [-0.15, -0.1) is 0 Å². The summed E-state index contributed by atoms with van der Waals surface area (Å²) in [6.07, 6.45) is 1.49. The number of pyridine rings is 1. The van der Waals surface area contributed by atoms with Gasteiger partial charge < -0.3 is 11.1 Å². The number of benzene rings is 1. The average molecular weight is 345 g/mol. The smallest absolute Gasteiger partial charge is 0.257 e. The number of carbonyl (C=O) groups excluding carboxylic acids is 1. The molecule has 0 fully saturated rings. The molecule has 0 atom stereocenters. The first-order valence-electron chi connectivity index (χ1n) is 5.15. The fourth-order valence-electron chi connectivity index (χ4n) is 1.43. The number of halogens is 3. The van der Waals surface area contributed by atoms with Crippen LogP contribution >= 0.6 is 27.5 Å². The minimum absolute atomic E-state index is 0.0380. The van der Waals surface area contributed by atoms with Crippen LogP contribution in [-0.4, -0.2) is 10.9 Å². The second-order valence-electron chi connectivity index (χ2n) is 3.65. The molecule has 0 aliphatic heterocycles. The first-order chi connectivity index (χ1) is 8.99. The van der Waals surface area contributed by atoms with Crippen LogP contribution in [-0.2, 0) is 0 Å². The Bertz CT molecular complexity index is 651. The number of nitrogens with one attached hydrogen (secondary N) is 1. The molecule has 2 rings (SSSR count). The first-order valence-corrected chi connectivity index (χ1v) is 6.32. The number of para-hydroxylation sites is 1. The van der Waals surface area contributed by atoms with Crippen molar-refractivity contribution in [2.24, 2.45) is 0 Å². The topological polar surface area (TPSA) is 68.0 Å². The maximum Gasteiger partial charge on any atom is 0.257 e. The van der Waals surface area contributed by atoms with E-state index < -0.39 is 11.7 Å². The van der Waals surface area contributed by atoms with Gasteiger partial charge in [0, 0.05) is 10.7 Å². The molecule has 7 heteroatoms. The molecule has 1 amide bonds. The summed E-state index contributed by atoms with van der Waals surface area (Å²) in [5.41, 5.74) is 5.65. The van der Waals surface area contributed by atoms with E-state index in [0.717, 1.165) is 0 Å². The van der Waals surface area contributed by atoms with Gasteiger partial charge in [-0.05, 0) is 34.1 Å². The van der Waals surface area contributed by atoms with Gasteiger partial charge in [-0.25, -0.2) is 9.37 Å². The van der Waals surface area contributed by atoms with E-state index >= 15 is 0 Å². The number of hydrogen-bond acceptors (Lipinski definition) is 3. The number of aromatic nitrogens is 1. The fourth-order valence-corrected chi connectivity index (χ4v) is 1.92. The summed E-state index contributed by atoms with van der Waals surface area (Å²) in [6, 6.07) is 5.59. The second-order valence-corrected chi connectivity index (χ2v) is 4.92. The summed E-state index contributed by atoms with van der Waals surface area (Å²) in [5.74, 6) is -1.20. The van der Waals surface area contributed by atoms with Gasteiger partial charge in [0.15, 0.2) is 5.15 Å². The third-order valence-electron chi connectivity index (χ3n) is 2.35. The van der Waals surface area contributed by atoms with E-state index in [2.05, 4.69) is 26.2 Å². The summed E-state index contributed by atoms with van der Waals surface area (Å²) in [7, 11) is 0. The van der Waals surface area contributed by atoms with Gasteiger partial charge in [0.25, 0.3) is 5.91 Å². The van der Waals surface area contributed by atoms with Crippen molar-refractivity contribution >= 4 is 44.8 Å². The highest BCUT2D eigenvalue weighted by atomic mass is 79.9. The van der Waals surface area contributed by atoms with Crippen LogP contribution in [0.3, 0.4) is 0 Å². The molecule has 0 unspecified atom stereocenters. The van der Waals surface area contributed by atoms with E-state index in [1.807, 2.05) is 0 Å². The number of carbonyl (C=O) groups is 1. The summed E-state index contributed by atoms with van der Waals surface area (Å²) < 4.78 is 13.9. The molecule has 4 nitrogen and oxygen atoms in total. The third kappa shape index (κ3) is 3.02. The van der Waals surface area contributed by atoms with E-state index in [9.17, 15) is 9.18 Å². The van der Waals surface area contributed by atoms with Crippen molar-refractivity contribution in [3.63, 3.8) is 0 Å². The maximum atomic E-state index is 13.3. The van der Waals surface area contributed by atoms with Crippen LogP contribution in [0.2, 0.25) is 5.15 Å². The normalized spacial score (nSPS) is 10.3. The number of anilines is 2. The van der Waals surface area contributed by atoms with Crippen molar-refractivity contribution in [2.75, 3.05) is 11.1 Å². The predicted octanol–water partition coefficient (Wildman–Crippen LogP) is 3.47. The van der Waals surface area contributed by atoms with E-state index in [1.165, 1.54) is 24.4 Å². The molecule has 98 valence electrons. The van der Waals surface area contributed by atoms with Crippen molar-refractivity contribution in [2.45, 2.75) is 0 Å². The monoisotopic (exact) mass is 343 g/mol. The van der Waals surface area contributed by atoms with Crippen molar-refractivity contribution < 1.29 is 9.18 Å². The molecule has 19 heavy (non-hydrogen) atoms. The number of nitrogen functional groups attached to an aromatic ring is 1. The molecular formula is C12H8BrClFN3O. The van der Waals surface area contributed by atoms with E-state index in [1.54, 1.807) is 6.07 Å². The van der Waals surface area contributed by atoms with Crippen molar-refractivity contribution in [1.29, 1.82) is 0 Å². The third-order valence-corrected chi connectivity index (χ3v) is 3.09. The number of hydrogen-bond donors (Lipinski definition) is 2. The first kappa shape index (κ1) is 13.8. The highest BCUT2D eigenvalue weighted by Gasteiger charge is 2.14. The lowest BCUT2D eigenvalue weighted by Crippen LogP contribution is -2.15. The molecular weight excluding hydrogens is 337 g/mol. The number of nitrogens with zero attached hydrogens (tertiary/aromatic N) is 1. The standard InChI is InChI=1S/C12H8BrClFN3O/c13-6-4-9(11(14)17-5-6)18-12(19)7-2-1-3-8(15)10(7)16/h1-5H,16H2,(H,18,19). The summed E-state index contributed by atoms with van der Waals surface area (Å²) in [5, 5.41) is 2.66. The van der Waals surface area contributed by atoms with Crippen molar-refractivity contribution in [3.8, 4) is 0 Å².